The number of hydrogen-bond acceptors (Lipinski definition) is 6. The van der Waals surface area contributed by atoms with Crippen molar-refractivity contribution in [2.75, 3.05) is 24.9 Å². The number of halogens is 2. The van der Waals surface area contributed by atoms with Crippen LogP contribution < -0.4 is 25.4 Å². The van der Waals surface area contributed by atoms with Gasteiger partial charge in [0.25, 0.3) is 11.8 Å². The molecule has 0 heterocycles. The second kappa shape index (κ2) is 16.0. The van der Waals surface area contributed by atoms with E-state index in [-0.39, 0.29) is 11.6 Å². The van der Waals surface area contributed by atoms with Crippen LogP contribution in [0.15, 0.2) is 102 Å². The topological polar surface area (TPSA) is 106 Å². The Hall–Kier alpha value is -4.44. The number of hydrogen-bond donors (Lipinski definition) is 3. The molecule has 0 radical (unpaired) electrons. The Morgan fingerprint density at radius 1 is 0.867 bits per heavy atom. The van der Waals surface area contributed by atoms with Crippen molar-refractivity contribution in [3.63, 3.8) is 0 Å². The smallest absolute Gasteiger partial charge is 0.272 e. The number of carbonyl (C=O) groups is 3. The number of methoxy groups -OCH3 is 2. The minimum Gasteiger partial charge on any atom is -0.497 e. The molecule has 0 saturated carbocycles. The molecule has 0 bridgehead atoms. The molecule has 1 unspecified atom stereocenters. The van der Waals surface area contributed by atoms with Gasteiger partial charge in [0.2, 0.25) is 5.91 Å². The highest BCUT2D eigenvalue weighted by Crippen LogP contribution is 2.31. The molecule has 1 atom stereocenters. The molecular weight excluding hydrogens is 633 g/mol. The number of rotatable bonds is 12. The summed E-state index contributed by atoms with van der Waals surface area (Å²) in [4.78, 5) is 40.5. The summed E-state index contributed by atoms with van der Waals surface area (Å²) in [5.41, 5.74) is 1.84. The third-order valence-corrected chi connectivity index (χ3v) is 8.41. The summed E-state index contributed by atoms with van der Waals surface area (Å²) < 4.78 is 10.8. The lowest BCUT2D eigenvalue weighted by Crippen LogP contribution is -2.30. The van der Waals surface area contributed by atoms with Crippen molar-refractivity contribution in [1.29, 1.82) is 0 Å². The summed E-state index contributed by atoms with van der Waals surface area (Å²) in [6.07, 6.45) is 2.07. The van der Waals surface area contributed by atoms with Gasteiger partial charge in [0, 0.05) is 32.8 Å². The van der Waals surface area contributed by atoms with Gasteiger partial charge in [-0.1, -0.05) is 54.4 Å². The van der Waals surface area contributed by atoms with Gasteiger partial charge < -0.3 is 25.4 Å². The van der Waals surface area contributed by atoms with Gasteiger partial charge in [0.05, 0.1) is 30.2 Å². The summed E-state index contributed by atoms with van der Waals surface area (Å²) in [6, 6.07) is 25.7. The van der Waals surface area contributed by atoms with Gasteiger partial charge in [0.1, 0.15) is 17.2 Å². The molecule has 45 heavy (non-hydrogen) atoms. The summed E-state index contributed by atoms with van der Waals surface area (Å²) in [7, 11) is 3.05. The Morgan fingerprint density at radius 2 is 1.64 bits per heavy atom. The zero-order valence-electron chi connectivity index (χ0n) is 24.7. The Morgan fingerprint density at radius 3 is 2.36 bits per heavy atom. The summed E-state index contributed by atoms with van der Waals surface area (Å²) in [5.74, 6) is -0.212. The fraction of sp³-hybridized carbons (Fsp3) is 0.147. The molecule has 4 aromatic carbocycles. The number of benzene rings is 4. The predicted molar refractivity (Wildman–Crippen MR) is 182 cm³/mol. The van der Waals surface area contributed by atoms with Crippen LogP contribution in [0, 0.1) is 0 Å². The van der Waals surface area contributed by atoms with Crippen molar-refractivity contribution in [2.45, 2.75) is 23.5 Å². The minimum absolute atomic E-state index is 0.00501. The number of anilines is 2. The predicted octanol–water partition coefficient (Wildman–Crippen LogP) is 7.93. The first kappa shape index (κ1) is 33.5. The third-order valence-electron chi connectivity index (χ3n) is 6.49. The van der Waals surface area contributed by atoms with E-state index in [0.717, 1.165) is 4.90 Å². The first-order valence-electron chi connectivity index (χ1n) is 13.8. The molecule has 11 heteroatoms. The molecule has 0 aliphatic carbocycles. The van der Waals surface area contributed by atoms with E-state index in [9.17, 15) is 14.4 Å². The van der Waals surface area contributed by atoms with Crippen molar-refractivity contribution in [3.8, 4) is 11.5 Å². The van der Waals surface area contributed by atoms with E-state index in [1.54, 1.807) is 92.0 Å². The van der Waals surface area contributed by atoms with Gasteiger partial charge in [-0.05, 0) is 73.2 Å². The highest BCUT2D eigenvalue weighted by atomic mass is 35.5. The molecule has 0 saturated heterocycles. The molecule has 0 fully saturated rings. The molecule has 0 aliphatic rings. The average molecular weight is 665 g/mol. The standard InChI is InChI=1S/C34H31Cl2N3O5S/c1-4-31(34(42)38-28-18-23(35)14-16-27(28)36)45-26-12-8-11-24(19-26)37-33(41)29(39-32(40)21-9-6-5-7-10-21)17-22-13-15-25(43-2)20-30(22)44-3/h5-20,31H,4H2,1-3H3,(H,37,41)(H,38,42)(H,39,40)/b29-17+. The van der Waals surface area contributed by atoms with Crippen molar-refractivity contribution < 1.29 is 23.9 Å². The molecule has 232 valence electrons. The number of thioether (sulfide) groups is 1. The SMILES string of the molecule is CCC(Sc1cccc(NC(=O)/C(=C\c2ccc(OC)cc2OC)NC(=O)c2ccccc2)c1)C(=O)Nc1cc(Cl)ccc1Cl. The van der Waals surface area contributed by atoms with Crippen molar-refractivity contribution in [3.05, 3.63) is 118 Å². The molecule has 4 aromatic rings. The lowest BCUT2D eigenvalue weighted by atomic mass is 10.1. The maximum absolute atomic E-state index is 13.6. The molecule has 3 N–H and O–H groups in total. The highest BCUT2D eigenvalue weighted by Gasteiger charge is 2.21. The fourth-order valence-electron chi connectivity index (χ4n) is 4.17. The normalized spacial score (nSPS) is 11.7. The van der Waals surface area contributed by atoms with Crippen LogP contribution in [0.4, 0.5) is 11.4 Å². The van der Waals surface area contributed by atoms with Gasteiger partial charge in [-0.3, -0.25) is 14.4 Å². The Bertz CT molecular complexity index is 1720. The van der Waals surface area contributed by atoms with E-state index < -0.39 is 17.1 Å². The monoisotopic (exact) mass is 663 g/mol. The first-order valence-corrected chi connectivity index (χ1v) is 15.5. The zero-order chi connectivity index (χ0) is 32.3. The third kappa shape index (κ3) is 9.28. The molecule has 8 nitrogen and oxygen atoms in total. The number of ether oxygens (including phenoxy) is 2. The van der Waals surface area contributed by atoms with Gasteiger partial charge >= 0.3 is 0 Å². The van der Waals surface area contributed by atoms with Gasteiger partial charge in [-0.25, -0.2) is 0 Å². The van der Waals surface area contributed by atoms with E-state index in [1.165, 1.54) is 24.9 Å². The number of amides is 3. The molecule has 0 aromatic heterocycles. The lowest BCUT2D eigenvalue weighted by Gasteiger charge is -2.17. The van der Waals surface area contributed by atoms with Crippen LogP contribution in [-0.4, -0.2) is 37.2 Å². The van der Waals surface area contributed by atoms with E-state index in [0.29, 0.717) is 50.5 Å². The summed E-state index contributed by atoms with van der Waals surface area (Å²) in [6.45, 7) is 1.91. The highest BCUT2D eigenvalue weighted by molar-refractivity contribution is 8.00. The van der Waals surface area contributed by atoms with Crippen LogP contribution in [0.25, 0.3) is 6.08 Å². The Balaban J connectivity index is 1.55. The van der Waals surface area contributed by atoms with E-state index in [4.69, 9.17) is 32.7 Å². The number of carbonyl (C=O) groups excluding carboxylic acids is 3. The van der Waals surface area contributed by atoms with Crippen LogP contribution in [0.2, 0.25) is 10.0 Å². The van der Waals surface area contributed by atoms with Gasteiger partial charge in [-0.15, -0.1) is 11.8 Å². The molecule has 0 aliphatic heterocycles. The van der Waals surface area contributed by atoms with E-state index in [1.807, 2.05) is 13.0 Å². The summed E-state index contributed by atoms with van der Waals surface area (Å²) >= 11 is 13.6. The summed E-state index contributed by atoms with van der Waals surface area (Å²) in [5, 5.41) is 8.82. The second-order valence-electron chi connectivity index (χ2n) is 9.60. The van der Waals surface area contributed by atoms with Gasteiger partial charge in [0.15, 0.2) is 0 Å². The van der Waals surface area contributed by atoms with Crippen LogP contribution in [0.5, 0.6) is 11.5 Å². The zero-order valence-corrected chi connectivity index (χ0v) is 27.1. The van der Waals surface area contributed by atoms with E-state index in [2.05, 4.69) is 16.0 Å². The molecule has 4 rings (SSSR count). The van der Waals surface area contributed by atoms with Crippen molar-refractivity contribution >= 4 is 70.1 Å². The molecular formula is C34H31Cl2N3O5S. The van der Waals surface area contributed by atoms with Crippen molar-refractivity contribution in [1.82, 2.24) is 5.32 Å². The second-order valence-corrected chi connectivity index (χ2v) is 11.7. The van der Waals surface area contributed by atoms with Crippen LogP contribution in [0.1, 0.15) is 29.3 Å². The van der Waals surface area contributed by atoms with E-state index >= 15 is 0 Å². The Labute approximate surface area is 276 Å². The molecule has 3 amide bonds. The van der Waals surface area contributed by atoms with Crippen molar-refractivity contribution in [2.24, 2.45) is 0 Å². The lowest BCUT2D eigenvalue weighted by molar-refractivity contribution is -0.116. The largest absolute Gasteiger partial charge is 0.497 e. The quantitative estimate of drug-likeness (QED) is 0.105. The Kier molecular flexibility index (Phi) is 11.9. The van der Waals surface area contributed by atoms with Crippen LogP contribution in [-0.2, 0) is 9.59 Å². The van der Waals surface area contributed by atoms with Crippen LogP contribution in [0.3, 0.4) is 0 Å². The fourth-order valence-corrected chi connectivity index (χ4v) is 5.52. The average Bonchev–Trinajstić information content (AvgIpc) is 3.05. The first-order chi connectivity index (χ1) is 21.7. The number of nitrogens with one attached hydrogen (secondary N) is 3. The maximum atomic E-state index is 13.6. The maximum Gasteiger partial charge on any atom is 0.272 e. The van der Waals surface area contributed by atoms with Crippen LogP contribution >= 0.6 is 35.0 Å². The van der Waals surface area contributed by atoms with Gasteiger partial charge in [-0.2, -0.15) is 0 Å². The minimum atomic E-state index is -0.556. The molecule has 0 spiro atoms.